The molecule has 0 fully saturated rings. The van der Waals surface area contributed by atoms with E-state index in [1.165, 1.54) is 13.1 Å². The smallest absolute Gasteiger partial charge is 0.0753 e. The lowest BCUT2D eigenvalue weighted by molar-refractivity contribution is -0.886. The lowest BCUT2D eigenvalue weighted by Crippen LogP contribution is -2.38. The van der Waals surface area contributed by atoms with Crippen LogP contribution in [0.3, 0.4) is 0 Å². The zero-order valence-corrected chi connectivity index (χ0v) is 12.2. The summed E-state index contributed by atoms with van der Waals surface area (Å²) >= 11 is 0. The highest BCUT2D eigenvalue weighted by atomic mass is 79.9. The topological polar surface area (TPSA) is 0 Å². The number of quaternary nitrogens is 1. The number of rotatable bonds is 2. The van der Waals surface area contributed by atoms with E-state index in [2.05, 4.69) is 27.9 Å². The summed E-state index contributed by atoms with van der Waals surface area (Å²) in [4.78, 5) is 0. The Morgan fingerprint density at radius 1 is 0.800 bits per heavy atom. The van der Waals surface area contributed by atoms with Gasteiger partial charge in [0.05, 0.1) is 27.2 Å². The van der Waals surface area contributed by atoms with Crippen LogP contribution in [0.1, 0.15) is 13.8 Å². The van der Waals surface area contributed by atoms with Crippen LogP contribution in [0.15, 0.2) is 0 Å². The lowest BCUT2D eigenvalue weighted by atomic mass is 10.5. The molecule has 0 rings (SSSR count). The van der Waals surface area contributed by atoms with Crippen LogP contribution in [0.25, 0.3) is 0 Å². The standard InChI is InChI=1S/C6H16N.3BrH/c1-5-7(3,4)6-2;;;/h5-6H2,1-4H3;3*1H/q+1;;;. The van der Waals surface area contributed by atoms with Crippen LogP contribution in [-0.4, -0.2) is 31.7 Å². The summed E-state index contributed by atoms with van der Waals surface area (Å²) in [5.74, 6) is 0. The zero-order chi connectivity index (χ0) is 5.91. The fourth-order valence-electron chi connectivity index (χ4n) is 0.224. The van der Waals surface area contributed by atoms with Gasteiger partial charge in [-0.1, -0.05) is 0 Å². The summed E-state index contributed by atoms with van der Waals surface area (Å²) in [5.41, 5.74) is 0. The van der Waals surface area contributed by atoms with E-state index >= 15 is 0 Å². The first-order valence-electron chi connectivity index (χ1n) is 2.94. The number of halogens is 3. The minimum Gasteiger partial charge on any atom is -0.329 e. The van der Waals surface area contributed by atoms with E-state index in [1.807, 2.05) is 0 Å². The van der Waals surface area contributed by atoms with Crippen molar-refractivity contribution in [3.05, 3.63) is 0 Å². The van der Waals surface area contributed by atoms with Crippen molar-refractivity contribution in [3.8, 4) is 0 Å². The molecule has 0 amide bonds. The predicted octanol–water partition coefficient (Wildman–Crippen LogP) is 2.84. The molecule has 0 N–H and O–H groups in total. The third kappa shape index (κ3) is 12.1. The summed E-state index contributed by atoms with van der Waals surface area (Å²) in [7, 11) is 4.47. The minimum atomic E-state index is 0. The van der Waals surface area contributed by atoms with Gasteiger partial charge in [0.2, 0.25) is 0 Å². The molecule has 0 atom stereocenters. The van der Waals surface area contributed by atoms with Crippen LogP contribution in [0.2, 0.25) is 0 Å². The molecule has 1 nitrogen and oxygen atoms in total. The molecule has 0 saturated heterocycles. The Labute approximate surface area is 96.1 Å². The predicted molar refractivity (Wildman–Crippen MR) is 64.2 cm³/mol. The number of hydrogen-bond acceptors (Lipinski definition) is 0. The van der Waals surface area contributed by atoms with Crippen molar-refractivity contribution in [2.45, 2.75) is 13.8 Å². The van der Waals surface area contributed by atoms with Gasteiger partial charge >= 0.3 is 0 Å². The summed E-state index contributed by atoms with van der Waals surface area (Å²) in [5, 5.41) is 0. The van der Waals surface area contributed by atoms with Gasteiger partial charge in [0.15, 0.2) is 0 Å². The molecule has 4 heteroatoms. The first-order valence-corrected chi connectivity index (χ1v) is 2.94. The van der Waals surface area contributed by atoms with Crippen LogP contribution >= 0.6 is 50.9 Å². The van der Waals surface area contributed by atoms with Gasteiger partial charge < -0.3 is 4.48 Å². The molecule has 0 saturated carbocycles. The Balaban J connectivity index is -0.0000000600. The molecular weight excluding hydrogens is 326 g/mol. The van der Waals surface area contributed by atoms with Crippen LogP contribution in [0.5, 0.6) is 0 Å². The van der Waals surface area contributed by atoms with Crippen molar-refractivity contribution in [1.82, 2.24) is 0 Å². The fraction of sp³-hybridized carbons (Fsp3) is 1.00. The Hall–Kier alpha value is 1.40. The second-order valence-electron chi connectivity index (χ2n) is 2.57. The third-order valence-electron chi connectivity index (χ3n) is 1.71. The van der Waals surface area contributed by atoms with E-state index in [-0.39, 0.29) is 50.9 Å². The second-order valence-corrected chi connectivity index (χ2v) is 2.57. The molecule has 0 spiro atoms. The van der Waals surface area contributed by atoms with Crippen molar-refractivity contribution >= 4 is 50.9 Å². The minimum absolute atomic E-state index is 0. The van der Waals surface area contributed by atoms with E-state index in [9.17, 15) is 0 Å². The second kappa shape index (κ2) is 10.4. The Bertz CT molecular complexity index is 51.0. The fourth-order valence-corrected chi connectivity index (χ4v) is 0.224. The maximum atomic E-state index is 2.24. The normalized spacial score (nSPS) is 8.40. The molecule has 0 aliphatic carbocycles. The first kappa shape index (κ1) is 22.5. The summed E-state index contributed by atoms with van der Waals surface area (Å²) in [6.45, 7) is 6.89. The van der Waals surface area contributed by atoms with Gasteiger partial charge in [-0.15, -0.1) is 50.9 Å². The highest BCUT2D eigenvalue weighted by Gasteiger charge is 2.04. The van der Waals surface area contributed by atoms with Crippen LogP contribution < -0.4 is 0 Å². The highest BCUT2D eigenvalue weighted by molar-refractivity contribution is 8.93. The van der Waals surface area contributed by atoms with Gasteiger partial charge in [-0.25, -0.2) is 0 Å². The molecule has 0 bridgehead atoms. The lowest BCUT2D eigenvalue weighted by Gasteiger charge is -2.25. The van der Waals surface area contributed by atoms with E-state index in [0.717, 1.165) is 4.48 Å². The average Bonchev–Trinajstić information content (AvgIpc) is 1.68. The molecule has 0 aromatic rings. The molecule has 68 valence electrons. The summed E-state index contributed by atoms with van der Waals surface area (Å²) in [6.07, 6.45) is 0. The Morgan fingerprint density at radius 2 is 1.00 bits per heavy atom. The Morgan fingerprint density at radius 3 is 1.00 bits per heavy atom. The van der Waals surface area contributed by atoms with E-state index in [0.29, 0.717) is 0 Å². The molecule has 0 radical (unpaired) electrons. The van der Waals surface area contributed by atoms with Crippen molar-refractivity contribution in [3.63, 3.8) is 0 Å². The molecule has 0 heterocycles. The van der Waals surface area contributed by atoms with Gasteiger partial charge in [-0.05, 0) is 13.8 Å². The van der Waals surface area contributed by atoms with Gasteiger partial charge in [-0.2, -0.15) is 0 Å². The maximum absolute atomic E-state index is 2.24. The largest absolute Gasteiger partial charge is 0.329 e. The maximum Gasteiger partial charge on any atom is 0.0753 e. The molecule has 10 heavy (non-hydrogen) atoms. The van der Waals surface area contributed by atoms with Crippen LogP contribution in [0.4, 0.5) is 0 Å². The third-order valence-corrected chi connectivity index (χ3v) is 1.71. The highest BCUT2D eigenvalue weighted by Crippen LogP contribution is 1.91. The van der Waals surface area contributed by atoms with E-state index in [1.54, 1.807) is 0 Å². The van der Waals surface area contributed by atoms with Crippen molar-refractivity contribution in [1.29, 1.82) is 0 Å². The van der Waals surface area contributed by atoms with Gasteiger partial charge in [0, 0.05) is 0 Å². The van der Waals surface area contributed by atoms with E-state index < -0.39 is 0 Å². The first-order chi connectivity index (χ1) is 3.12. The zero-order valence-electron chi connectivity index (χ0n) is 7.09. The van der Waals surface area contributed by atoms with Crippen molar-refractivity contribution in [2.75, 3.05) is 27.2 Å². The van der Waals surface area contributed by atoms with Crippen LogP contribution in [-0.2, 0) is 0 Å². The number of nitrogens with zero attached hydrogens (tertiary/aromatic N) is 1. The molecule has 0 aliphatic heterocycles. The Kier molecular flexibility index (Phi) is 23.4. The quantitative estimate of drug-likeness (QED) is 0.676. The molecular formula is C6H19Br3N+. The van der Waals surface area contributed by atoms with Gasteiger partial charge in [0.1, 0.15) is 0 Å². The van der Waals surface area contributed by atoms with Crippen molar-refractivity contribution < 1.29 is 4.48 Å². The van der Waals surface area contributed by atoms with Gasteiger partial charge in [-0.3, -0.25) is 0 Å². The molecule has 0 aliphatic rings. The SMILES string of the molecule is Br.Br.Br.CC[N+](C)(C)CC. The molecule has 0 aromatic carbocycles. The van der Waals surface area contributed by atoms with Crippen LogP contribution in [0, 0.1) is 0 Å². The monoisotopic (exact) mass is 342 g/mol. The summed E-state index contributed by atoms with van der Waals surface area (Å²) in [6, 6.07) is 0. The summed E-state index contributed by atoms with van der Waals surface area (Å²) < 4.78 is 1.14. The van der Waals surface area contributed by atoms with Crippen molar-refractivity contribution in [2.24, 2.45) is 0 Å². The average molecular weight is 345 g/mol. The van der Waals surface area contributed by atoms with Gasteiger partial charge in [0.25, 0.3) is 0 Å². The van der Waals surface area contributed by atoms with E-state index in [4.69, 9.17) is 0 Å². The molecule has 0 aromatic heterocycles. The molecule has 0 unspecified atom stereocenters. The number of hydrogen-bond donors (Lipinski definition) is 0.